The van der Waals surface area contributed by atoms with Crippen molar-refractivity contribution >= 4 is 23.4 Å². The van der Waals surface area contributed by atoms with Crippen LogP contribution in [0.4, 0.5) is 0 Å². The molecule has 1 aliphatic rings. The highest BCUT2D eigenvalue weighted by Crippen LogP contribution is 2.61. The van der Waals surface area contributed by atoms with Crippen LogP contribution in [0.15, 0.2) is 35.4 Å². The van der Waals surface area contributed by atoms with E-state index in [1.165, 1.54) is 0 Å². The van der Waals surface area contributed by atoms with Crippen LogP contribution in [0.3, 0.4) is 0 Å². The van der Waals surface area contributed by atoms with E-state index in [9.17, 15) is 9.59 Å². The van der Waals surface area contributed by atoms with Gasteiger partial charge in [-0.1, -0.05) is 17.2 Å². The fourth-order valence-corrected chi connectivity index (χ4v) is 3.11. The molecule has 0 aliphatic heterocycles. The van der Waals surface area contributed by atoms with Crippen LogP contribution in [-0.4, -0.2) is 18.4 Å². The molecule has 0 radical (unpaired) electrons. The molecule has 1 fully saturated rings. The summed E-state index contributed by atoms with van der Waals surface area (Å²) in [4.78, 5) is 24.9. The Kier molecular flexibility index (Phi) is 4.24. The van der Waals surface area contributed by atoms with Crippen LogP contribution in [-0.2, 0) is 9.53 Å². The number of esters is 1. The first kappa shape index (κ1) is 15.8. The van der Waals surface area contributed by atoms with Crippen LogP contribution in [0.2, 0.25) is 5.02 Å². The van der Waals surface area contributed by atoms with E-state index in [0.717, 1.165) is 11.1 Å². The minimum atomic E-state index is -0.793. The van der Waals surface area contributed by atoms with Crippen LogP contribution in [0.1, 0.15) is 38.1 Å². The number of rotatable bonds is 4. The smallest absolute Gasteiger partial charge is 0.314 e. The summed E-state index contributed by atoms with van der Waals surface area (Å²) in [6, 6.07) is 6.75. The Labute approximate surface area is 129 Å². The van der Waals surface area contributed by atoms with E-state index in [2.05, 4.69) is 0 Å². The number of carbonyl (C=O) groups excluding carboxylic acids is 2. The summed E-state index contributed by atoms with van der Waals surface area (Å²) in [7, 11) is 0. The van der Waals surface area contributed by atoms with Crippen molar-refractivity contribution in [2.45, 2.75) is 27.7 Å². The van der Waals surface area contributed by atoms with E-state index < -0.39 is 11.3 Å². The quantitative estimate of drug-likeness (QED) is 0.478. The minimum absolute atomic E-state index is 0.0616. The number of benzene rings is 1. The second kappa shape index (κ2) is 5.64. The molecule has 1 aromatic carbocycles. The first-order valence-corrected chi connectivity index (χ1v) is 7.36. The van der Waals surface area contributed by atoms with Gasteiger partial charge in [0.25, 0.3) is 0 Å². The molecule has 0 amide bonds. The number of halogens is 1. The van der Waals surface area contributed by atoms with Gasteiger partial charge in [-0.25, -0.2) is 0 Å². The SMILES string of the molecule is CCOC(=O)[C@H]1C(=C(C)C)[C@@]1(C)C(=O)c1ccc(Cl)cc1. The van der Waals surface area contributed by atoms with Crippen molar-refractivity contribution < 1.29 is 14.3 Å². The zero-order valence-corrected chi connectivity index (χ0v) is 13.5. The molecule has 3 nitrogen and oxygen atoms in total. The average molecular weight is 307 g/mol. The summed E-state index contributed by atoms with van der Waals surface area (Å²) in [5, 5.41) is 0.580. The third kappa shape index (κ3) is 2.62. The van der Waals surface area contributed by atoms with Crippen molar-refractivity contribution in [3.05, 3.63) is 46.0 Å². The first-order valence-electron chi connectivity index (χ1n) is 6.98. The van der Waals surface area contributed by atoms with Gasteiger partial charge in [0.1, 0.15) is 0 Å². The molecular formula is C17H19ClO3. The Morgan fingerprint density at radius 1 is 1.24 bits per heavy atom. The van der Waals surface area contributed by atoms with Gasteiger partial charge in [-0.05, 0) is 57.5 Å². The summed E-state index contributed by atoms with van der Waals surface area (Å²) >= 11 is 5.85. The van der Waals surface area contributed by atoms with E-state index in [1.807, 2.05) is 20.8 Å². The molecule has 0 heterocycles. The molecule has 4 heteroatoms. The highest BCUT2D eigenvalue weighted by Gasteiger charge is 2.66. The number of hydrogen-bond acceptors (Lipinski definition) is 3. The topological polar surface area (TPSA) is 43.4 Å². The first-order chi connectivity index (χ1) is 9.83. The molecule has 21 heavy (non-hydrogen) atoms. The lowest BCUT2D eigenvalue weighted by atomic mass is 9.93. The molecule has 1 aromatic rings. The maximum Gasteiger partial charge on any atom is 0.314 e. The fourth-order valence-electron chi connectivity index (χ4n) is 2.98. The van der Waals surface area contributed by atoms with Crippen molar-refractivity contribution in [1.82, 2.24) is 0 Å². The van der Waals surface area contributed by atoms with Gasteiger partial charge in [-0.15, -0.1) is 0 Å². The van der Waals surface area contributed by atoms with Crippen LogP contribution < -0.4 is 0 Å². The zero-order valence-electron chi connectivity index (χ0n) is 12.7. The van der Waals surface area contributed by atoms with Gasteiger partial charge in [-0.2, -0.15) is 0 Å². The molecule has 1 saturated carbocycles. The molecule has 112 valence electrons. The molecule has 0 bridgehead atoms. The molecule has 1 aliphatic carbocycles. The van der Waals surface area contributed by atoms with Gasteiger partial charge in [0.15, 0.2) is 5.78 Å². The Bertz CT molecular complexity index is 611. The van der Waals surface area contributed by atoms with Gasteiger partial charge in [0.05, 0.1) is 17.9 Å². The molecule has 0 unspecified atom stereocenters. The molecule has 2 rings (SSSR count). The zero-order chi connectivity index (χ0) is 15.8. The van der Waals surface area contributed by atoms with Gasteiger partial charge in [-0.3, -0.25) is 9.59 Å². The largest absolute Gasteiger partial charge is 0.465 e. The number of allylic oxidation sites excluding steroid dienone is 1. The number of Topliss-reactive ketones (excluding diaryl/α,β-unsaturated/α-hetero) is 1. The molecule has 0 N–H and O–H groups in total. The molecule has 0 saturated heterocycles. The predicted octanol–water partition coefficient (Wildman–Crippen LogP) is 4.06. The third-order valence-electron chi connectivity index (χ3n) is 3.98. The minimum Gasteiger partial charge on any atom is -0.465 e. The van der Waals surface area contributed by atoms with Crippen LogP contribution >= 0.6 is 11.6 Å². The fraction of sp³-hybridized carbons (Fsp3) is 0.412. The standard InChI is InChI=1S/C17H19ClO3/c1-5-21-16(20)14-13(10(2)3)17(14,4)15(19)11-6-8-12(18)9-7-11/h6-9,14H,5H2,1-4H3/t14-,17-/m1/s1. The Hall–Kier alpha value is -1.61. The predicted molar refractivity (Wildman–Crippen MR) is 82.4 cm³/mol. The second-order valence-electron chi connectivity index (χ2n) is 5.64. The number of ketones is 1. The van der Waals surface area contributed by atoms with Crippen molar-refractivity contribution in [1.29, 1.82) is 0 Å². The van der Waals surface area contributed by atoms with E-state index in [4.69, 9.17) is 16.3 Å². The monoisotopic (exact) mass is 306 g/mol. The summed E-state index contributed by atoms with van der Waals surface area (Å²) in [6.45, 7) is 7.73. The highest BCUT2D eigenvalue weighted by atomic mass is 35.5. The van der Waals surface area contributed by atoms with E-state index in [1.54, 1.807) is 31.2 Å². The van der Waals surface area contributed by atoms with Crippen molar-refractivity contribution in [2.75, 3.05) is 6.61 Å². The van der Waals surface area contributed by atoms with Crippen LogP contribution in [0.25, 0.3) is 0 Å². The second-order valence-corrected chi connectivity index (χ2v) is 6.07. The lowest BCUT2D eigenvalue weighted by molar-refractivity contribution is -0.145. The summed E-state index contributed by atoms with van der Waals surface area (Å²) in [5.74, 6) is -0.849. The van der Waals surface area contributed by atoms with Gasteiger partial charge < -0.3 is 4.74 Å². The van der Waals surface area contributed by atoms with Crippen molar-refractivity contribution in [3.8, 4) is 0 Å². The van der Waals surface area contributed by atoms with Crippen molar-refractivity contribution in [3.63, 3.8) is 0 Å². The molecule has 0 spiro atoms. The number of hydrogen-bond donors (Lipinski definition) is 0. The van der Waals surface area contributed by atoms with Gasteiger partial charge in [0, 0.05) is 10.6 Å². The average Bonchev–Trinajstić information content (AvgIpc) is 3.07. The van der Waals surface area contributed by atoms with Gasteiger partial charge in [0.2, 0.25) is 0 Å². The van der Waals surface area contributed by atoms with Gasteiger partial charge >= 0.3 is 5.97 Å². The maximum atomic E-state index is 12.8. The summed E-state index contributed by atoms with van der Waals surface area (Å²) < 4.78 is 5.10. The number of carbonyl (C=O) groups is 2. The summed E-state index contributed by atoms with van der Waals surface area (Å²) in [6.07, 6.45) is 0. The normalized spacial score (nSPS) is 23.7. The molecule has 2 atom stereocenters. The van der Waals surface area contributed by atoms with E-state index in [0.29, 0.717) is 17.2 Å². The van der Waals surface area contributed by atoms with E-state index >= 15 is 0 Å². The lowest BCUT2D eigenvalue weighted by Gasteiger charge is -2.09. The van der Waals surface area contributed by atoms with Crippen LogP contribution in [0.5, 0.6) is 0 Å². The molecule has 0 aromatic heterocycles. The Morgan fingerprint density at radius 3 is 2.29 bits per heavy atom. The van der Waals surface area contributed by atoms with Crippen molar-refractivity contribution in [2.24, 2.45) is 11.3 Å². The highest BCUT2D eigenvalue weighted by molar-refractivity contribution is 6.30. The van der Waals surface area contributed by atoms with E-state index in [-0.39, 0.29) is 11.8 Å². The summed E-state index contributed by atoms with van der Waals surface area (Å²) in [5.41, 5.74) is 1.64. The lowest BCUT2D eigenvalue weighted by Crippen LogP contribution is -2.20. The van der Waals surface area contributed by atoms with Crippen LogP contribution in [0, 0.1) is 11.3 Å². The number of ether oxygens (including phenoxy) is 1. The Morgan fingerprint density at radius 2 is 1.81 bits per heavy atom. The Balaban J connectivity index is 2.36. The maximum absolute atomic E-state index is 12.8. The third-order valence-corrected chi connectivity index (χ3v) is 4.23. The molecular weight excluding hydrogens is 288 g/mol.